The fourth-order valence-electron chi connectivity index (χ4n) is 3.22. The number of anilines is 1. The Morgan fingerprint density at radius 2 is 2.17 bits per heavy atom. The number of nitrogens with zero attached hydrogens (tertiary/aromatic N) is 1. The molecule has 2 N–H and O–H groups in total. The number of ether oxygens (including phenoxy) is 1. The van der Waals surface area contributed by atoms with Crippen LogP contribution in [0.5, 0.6) is 0 Å². The molecular weight excluding hydrogens is 326 g/mol. The lowest BCUT2D eigenvalue weighted by molar-refractivity contribution is 0.0601. The summed E-state index contributed by atoms with van der Waals surface area (Å²) in [5.41, 5.74) is 0.373. The Labute approximate surface area is 149 Å². The summed E-state index contributed by atoms with van der Waals surface area (Å²) in [5.74, 6) is 0.0960. The van der Waals surface area contributed by atoms with Crippen molar-refractivity contribution in [3.63, 3.8) is 0 Å². The van der Waals surface area contributed by atoms with E-state index in [1.54, 1.807) is 6.07 Å². The topological polar surface area (TPSA) is 63.2 Å². The molecule has 1 aromatic heterocycles. The summed E-state index contributed by atoms with van der Waals surface area (Å²) in [7, 11) is 1.36. The van der Waals surface area contributed by atoms with Crippen molar-refractivity contribution in [3.05, 3.63) is 22.8 Å². The normalized spacial score (nSPS) is 16.6. The maximum Gasteiger partial charge on any atom is 0.341 e. The van der Waals surface area contributed by atoms with Crippen LogP contribution in [-0.4, -0.2) is 36.7 Å². The Morgan fingerprint density at radius 1 is 1.42 bits per heavy atom. The van der Waals surface area contributed by atoms with Gasteiger partial charge < -0.3 is 15.4 Å². The zero-order valence-electron chi connectivity index (χ0n) is 14.6. The number of hydrogen-bond acceptors (Lipinski definition) is 5. The molecule has 1 heterocycles. The molecule has 0 aliphatic heterocycles. The molecule has 1 saturated carbocycles. The highest BCUT2D eigenvalue weighted by Gasteiger charge is 2.18. The van der Waals surface area contributed by atoms with Gasteiger partial charge in [0.2, 0.25) is 0 Å². The van der Waals surface area contributed by atoms with Gasteiger partial charge in [-0.2, -0.15) is 0 Å². The van der Waals surface area contributed by atoms with E-state index in [0.717, 1.165) is 19.4 Å². The van der Waals surface area contributed by atoms with Crippen molar-refractivity contribution in [3.8, 4) is 0 Å². The predicted octanol–water partition coefficient (Wildman–Crippen LogP) is 4.02. The highest BCUT2D eigenvalue weighted by Crippen LogP contribution is 2.20. The smallest absolute Gasteiger partial charge is 0.341 e. The lowest BCUT2D eigenvalue weighted by Gasteiger charge is -2.28. The predicted molar refractivity (Wildman–Crippen MR) is 97.8 cm³/mol. The van der Waals surface area contributed by atoms with Gasteiger partial charge in [-0.25, -0.2) is 9.78 Å². The third-order valence-electron chi connectivity index (χ3n) is 4.61. The molecule has 1 unspecified atom stereocenters. The molecule has 1 atom stereocenters. The first kappa shape index (κ1) is 19.0. The van der Waals surface area contributed by atoms with Gasteiger partial charge in [-0.1, -0.05) is 37.8 Å². The maximum absolute atomic E-state index is 11.8. The van der Waals surface area contributed by atoms with Gasteiger partial charge in [-0.05, 0) is 31.7 Å². The second kappa shape index (κ2) is 9.84. The van der Waals surface area contributed by atoms with Gasteiger partial charge in [0.15, 0.2) is 0 Å². The van der Waals surface area contributed by atoms with Crippen LogP contribution < -0.4 is 10.6 Å². The Hall–Kier alpha value is -1.33. The van der Waals surface area contributed by atoms with Crippen molar-refractivity contribution in [2.24, 2.45) is 0 Å². The Morgan fingerprint density at radius 3 is 2.83 bits per heavy atom. The second-order valence-corrected chi connectivity index (χ2v) is 6.80. The Kier molecular flexibility index (Phi) is 7.79. The van der Waals surface area contributed by atoms with Crippen molar-refractivity contribution in [1.29, 1.82) is 0 Å². The monoisotopic (exact) mass is 353 g/mol. The molecule has 1 aromatic rings. The summed E-state index contributed by atoms with van der Waals surface area (Å²) in [6.07, 6.45) is 10.2. The third-order valence-corrected chi connectivity index (χ3v) is 4.82. The highest BCUT2D eigenvalue weighted by atomic mass is 35.5. The zero-order valence-corrected chi connectivity index (χ0v) is 15.4. The minimum absolute atomic E-state index is 0.373. The van der Waals surface area contributed by atoms with Crippen LogP contribution in [0.25, 0.3) is 0 Å². The Bertz CT molecular complexity index is 533. The van der Waals surface area contributed by atoms with E-state index in [4.69, 9.17) is 16.3 Å². The van der Waals surface area contributed by atoms with Gasteiger partial charge >= 0.3 is 5.97 Å². The number of carbonyl (C=O) groups is 1. The third kappa shape index (κ3) is 5.64. The van der Waals surface area contributed by atoms with Gasteiger partial charge in [0.1, 0.15) is 11.4 Å². The molecule has 5 nitrogen and oxygen atoms in total. The number of nitrogens with one attached hydrogen (secondary N) is 2. The average molecular weight is 354 g/mol. The lowest BCUT2D eigenvalue weighted by Crippen LogP contribution is -2.40. The first-order valence-corrected chi connectivity index (χ1v) is 9.25. The maximum atomic E-state index is 11.8. The van der Waals surface area contributed by atoms with E-state index in [-0.39, 0.29) is 0 Å². The molecule has 0 aromatic carbocycles. The molecule has 134 valence electrons. The molecule has 0 saturated heterocycles. The number of carbonyl (C=O) groups excluding carboxylic acids is 1. The second-order valence-electron chi connectivity index (χ2n) is 6.36. The molecule has 1 aliphatic carbocycles. The van der Waals surface area contributed by atoms with Crippen LogP contribution in [0.3, 0.4) is 0 Å². The van der Waals surface area contributed by atoms with E-state index < -0.39 is 5.97 Å². The minimum Gasteiger partial charge on any atom is -0.465 e. The molecule has 24 heavy (non-hydrogen) atoms. The van der Waals surface area contributed by atoms with Crippen LogP contribution in [-0.2, 0) is 4.74 Å². The molecule has 6 heteroatoms. The summed E-state index contributed by atoms with van der Waals surface area (Å²) in [6, 6.07) is 2.72. The summed E-state index contributed by atoms with van der Waals surface area (Å²) in [4.78, 5) is 16.1. The van der Waals surface area contributed by atoms with E-state index >= 15 is 0 Å². The largest absolute Gasteiger partial charge is 0.465 e. The van der Waals surface area contributed by atoms with Gasteiger partial charge in [0.05, 0.1) is 12.1 Å². The molecular formula is C18H28ClN3O2. The van der Waals surface area contributed by atoms with E-state index in [9.17, 15) is 4.79 Å². The summed E-state index contributed by atoms with van der Waals surface area (Å²) in [5, 5.41) is 7.45. The van der Waals surface area contributed by atoms with Crippen molar-refractivity contribution >= 4 is 23.4 Å². The number of hydrogen-bond donors (Lipinski definition) is 2. The molecule has 1 aliphatic rings. The molecule has 1 fully saturated rings. The summed E-state index contributed by atoms with van der Waals surface area (Å²) >= 11 is 5.93. The van der Waals surface area contributed by atoms with Crippen molar-refractivity contribution in [2.75, 3.05) is 19.0 Å². The molecule has 2 rings (SSSR count). The number of esters is 1. The minimum atomic E-state index is -0.431. The standard InChI is InChI=1S/C18H28ClN3O2/c1-3-14(22-15-7-5-4-6-8-15)9-10-20-17-16(18(23)24-2)11-13(19)12-21-17/h11-12,14-15,22H,3-10H2,1-2H3,(H,20,21). The van der Waals surface area contributed by atoms with Crippen LogP contribution in [0.1, 0.15) is 62.2 Å². The van der Waals surface area contributed by atoms with Gasteiger partial charge in [-0.3, -0.25) is 0 Å². The van der Waals surface area contributed by atoms with Gasteiger partial charge in [0, 0.05) is 24.8 Å². The van der Waals surface area contributed by atoms with Crippen LogP contribution in [0, 0.1) is 0 Å². The molecule has 0 bridgehead atoms. The first-order chi connectivity index (χ1) is 11.6. The molecule has 0 spiro atoms. The zero-order chi connectivity index (χ0) is 17.4. The lowest BCUT2D eigenvalue weighted by atomic mass is 9.94. The average Bonchev–Trinajstić information content (AvgIpc) is 2.62. The van der Waals surface area contributed by atoms with Crippen LogP contribution in [0.4, 0.5) is 5.82 Å². The highest BCUT2D eigenvalue weighted by molar-refractivity contribution is 6.30. The van der Waals surface area contributed by atoms with Crippen molar-refractivity contribution in [2.45, 2.75) is 64.0 Å². The van der Waals surface area contributed by atoms with Crippen molar-refractivity contribution < 1.29 is 9.53 Å². The Balaban J connectivity index is 1.86. The van der Waals surface area contributed by atoms with E-state index in [1.165, 1.54) is 45.4 Å². The van der Waals surface area contributed by atoms with Crippen LogP contribution in [0.15, 0.2) is 12.3 Å². The van der Waals surface area contributed by atoms with Crippen LogP contribution >= 0.6 is 11.6 Å². The van der Waals surface area contributed by atoms with E-state index in [1.807, 2.05) is 0 Å². The van der Waals surface area contributed by atoms with Gasteiger partial charge in [0.25, 0.3) is 0 Å². The number of rotatable bonds is 8. The van der Waals surface area contributed by atoms with Crippen LogP contribution in [0.2, 0.25) is 5.02 Å². The number of halogens is 1. The quantitative estimate of drug-likeness (QED) is 0.691. The summed E-state index contributed by atoms with van der Waals surface area (Å²) < 4.78 is 4.79. The first-order valence-electron chi connectivity index (χ1n) is 8.87. The number of aromatic nitrogens is 1. The fraction of sp³-hybridized carbons (Fsp3) is 0.667. The number of methoxy groups -OCH3 is 1. The van der Waals surface area contributed by atoms with Gasteiger partial charge in [-0.15, -0.1) is 0 Å². The summed E-state index contributed by atoms with van der Waals surface area (Å²) in [6.45, 7) is 2.96. The van der Waals surface area contributed by atoms with E-state index in [0.29, 0.717) is 28.5 Å². The van der Waals surface area contributed by atoms with Crippen molar-refractivity contribution in [1.82, 2.24) is 10.3 Å². The SMILES string of the molecule is CCC(CCNc1ncc(Cl)cc1C(=O)OC)NC1CCCCC1. The number of pyridine rings is 1. The molecule has 0 amide bonds. The molecule has 0 radical (unpaired) electrons. The van der Waals surface area contributed by atoms with E-state index in [2.05, 4.69) is 22.5 Å². The fourth-order valence-corrected chi connectivity index (χ4v) is 3.38.